The molecule has 0 aliphatic rings. The zero-order valence-electron chi connectivity index (χ0n) is 14.7. The van der Waals surface area contributed by atoms with Crippen LogP contribution in [0.3, 0.4) is 0 Å². The van der Waals surface area contributed by atoms with Crippen molar-refractivity contribution in [2.24, 2.45) is 0 Å². The Balaban J connectivity index is 1.72. The van der Waals surface area contributed by atoms with Gasteiger partial charge < -0.3 is 5.32 Å². The largest absolute Gasteiger partial charge is 0.416 e. The van der Waals surface area contributed by atoms with E-state index in [0.717, 1.165) is 17.7 Å². The molecule has 0 bridgehead atoms. The molecule has 0 atom stereocenters. The Bertz CT molecular complexity index is 1170. The maximum atomic E-state index is 12.7. The minimum absolute atomic E-state index is 0.134. The SMILES string of the molecule is Cc1ccc2ncc(C(=O)NCC#Cc3cccc(C(F)(F)F)c3)c(=O)n2c1. The molecule has 2 aromatic heterocycles. The highest BCUT2D eigenvalue weighted by Crippen LogP contribution is 2.29. The van der Waals surface area contributed by atoms with Gasteiger partial charge in [-0.15, -0.1) is 0 Å². The topological polar surface area (TPSA) is 63.5 Å². The third kappa shape index (κ3) is 4.20. The molecule has 3 aromatic rings. The maximum Gasteiger partial charge on any atom is 0.416 e. The first-order valence-corrected chi connectivity index (χ1v) is 8.18. The summed E-state index contributed by atoms with van der Waals surface area (Å²) in [5, 5.41) is 2.45. The highest BCUT2D eigenvalue weighted by Gasteiger charge is 2.30. The van der Waals surface area contributed by atoms with Gasteiger partial charge in [0, 0.05) is 18.0 Å². The lowest BCUT2D eigenvalue weighted by Gasteiger charge is -2.06. The highest BCUT2D eigenvalue weighted by atomic mass is 19.4. The number of halogens is 3. The molecule has 142 valence electrons. The average Bonchev–Trinajstić information content (AvgIpc) is 2.65. The van der Waals surface area contributed by atoms with E-state index >= 15 is 0 Å². The number of hydrogen-bond acceptors (Lipinski definition) is 3. The van der Waals surface area contributed by atoms with Crippen molar-refractivity contribution in [1.82, 2.24) is 14.7 Å². The van der Waals surface area contributed by atoms with Gasteiger partial charge in [0.15, 0.2) is 0 Å². The van der Waals surface area contributed by atoms with Crippen LogP contribution < -0.4 is 10.9 Å². The number of aromatic nitrogens is 2. The number of pyridine rings is 1. The number of nitrogens with zero attached hydrogens (tertiary/aromatic N) is 2. The Morgan fingerprint density at radius 1 is 1.25 bits per heavy atom. The smallest absolute Gasteiger partial charge is 0.341 e. The predicted molar refractivity (Wildman–Crippen MR) is 96.9 cm³/mol. The molecule has 3 rings (SSSR count). The van der Waals surface area contributed by atoms with Crippen molar-refractivity contribution in [1.29, 1.82) is 0 Å². The fourth-order valence-electron chi connectivity index (χ4n) is 2.48. The Labute approximate surface area is 157 Å². The average molecular weight is 385 g/mol. The number of hydrogen-bond donors (Lipinski definition) is 1. The van der Waals surface area contributed by atoms with Gasteiger partial charge in [-0.1, -0.05) is 24.0 Å². The number of carbonyl (C=O) groups is 1. The Morgan fingerprint density at radius 2 is 2.04 bits per heavy atom. The second-order valence-corrected chi connectivity index (χ2v) is 5.97. The van der Waals surface area contributed by atoms with Gasteiger partial charge in [-0.25, -0.2) is 4.98 Å². The molecule has 5 nitrogen and oxygen atoms in total. The summed E-state index contributed by atoms with van der Waals surface area (Å²) in [6, 6.07) is 8.04. The number of alkyl halides is 3. The summed E-state index contributed by atoms with van der Waals surface area (Å²) in [5.74, 6) is 4.46. The zero-order valence-corrected chi connectivity index (χ0v) is 14.7. The number of benzene rings is 1. The summed E-state index contributed by atoms with van der Waals surface area (Å²) in [6.45, 7) is 1.67. The Hall–Kier alpha value is -3.60. The monoisotopic (exact) mass is 385 g/mol. The molecule has 0 saturated carbocycles. The molecule has 2 heterocycles. The van der Waals surface area contributed by atoms with Crippen molar-refractivity contribution in [3.8, 4) is 11.8 Å². The molecule has 28 heavy (non-hydrogen) atoms. The van der Waals surface area contributed by atoms with E-state index in [0.29, 0.717) is 5.65 Å². The van der Waals surface area contributed by atoms with Gasteiger partial charge in [0.05, 0.1) is 12.1 Å². The summed E-state index contributed by atoms with van der Waals surface area (Å²) >= 11 is 0. The van der Waals surface area contributed by atoms with Crippen LogP contribution in [-0.4, -0.2) is 21.8 Å². The van der Waals surface area contributed by atoms with Crippen LogP contribution in [0, 0.1) is 18.8 Å². The van der Waals surface area contributed by atoms with Gasteiger partial charge in [0.2, 0.25) is 0 Å². The minimum Gasteiger partial charge on any atom is -0.341 e. The van der Waals surface area contributed by atoms with Crippen LogP contribution in [-0.2, 0) is 6.18 Å². The van der Waals surface area contributed by atoms with Crippen molar-refractivity contribution in [3.05, 3.63) is 81.4 Å². The standard InChI is InChI=1S/C20H14F3N3O2/c1-13-7-8-17-25-11-16(19(28)26(17)12-13)18(27)24-9-3-5-14-4-2-6-15(10-14)20(21,22)23/h2,4,6-8,10-12H,9H2,1H3,(H,24,27). The number of carbonyl (C=O) groups excluding carboxylic acids is 1. The molecule has 0 aliphatic heterocycles. The molecular formula is C20H14F3N3O2. The first-order valence-electron chi connectivity index (χ1n) is 8.18. The zero-order chi connectivity index (χ0) is 20.3. The van der Waals surface area contributed by atoms with E-state index in [1.54, 1.807) is 18.3 Å². The van der Waals surface area contributed by atoms with Crippen LogP contribution in [0.15, 0.2) is 53.6 Å². The minimum atomic E-state index is -4.45. The van der Waals surface area contributed by atoms with E-state index in [-0.39, 0.29) is 17.7 Å². The molecule has 0 radical (unpaired) electrons. The number of rotatable bonds is 2. The molecule has 0 fully saturated rings. The number of fused-ring (bicyclic) bond motifs is 1. The molecule has 0 saturated heterocycles. The summed E-state index contributed by atoms with van der Waals surface area (Å²) in [4.78, 5) is 28.7. The lowest BCUT2D eigenvalue weighted by Crippen LogP contribution is -2.31. The van der Waals surface area contributed by atoms with E-state index in [4.69, 9.17) is 0 Å². The van der Waals surface area contributed by atoms with Crippen molar-refractivity contribution >= 4 is 11.6 Å². The summed E-state index contributed by atoms with van der Waals surface area (Å²) in [7, 11) is 0. The fraction of sp³-hybridized carbons (Fsp3) is 0.150. The number of aryl methyl sites for hydroxylation is 1. The normalized spacial score (nSPS) is 11.0. The second-order valence-electron chi connectivity index (χ2n) is 5.97. The molecule has 1 N–H and O–H groups in total. The summed E-state index contributed by atoms with van der Waals surface area (Å²) < 4.78 is 39.3. The van der Waals surface area contributed by atoms with Gasteiger partial charge in [0.25, 0.3) is 11.5 Å². The van der Waals surface area contributed by atoms with Crippen LogP contribution in [0.25, 0.3) is 5.65 Å². The van der Waals surface area contributed by atoms with Crippen LogP contribution in [0.1, 0.15) is 27.0 Å². The fourth-order valence-corrected chi connectivity index (χ4v) is 2.48. The predicted octanol–water partition coefficient (Wildman–Crippen LogP) is 2.80. The molecule has 1 amide bonds. The van der Waals surface area contributed by atoms with Gasteiger partial charge in [-0.2, -0.15) is 13.2 Å². The van der Waals surface area contributed by atoms with Crippen LogP contribution >= 0.6 is 0 Å². The number of nitrogens with one attached hydrogen (secondary N) is 1. The molecule has 0 unspecified atom stereocenters. The molecule has 8 heteroatoms. The van der Waals surface area contributed by atoms with Gasteiger partial charge in [0.1, 0.15) is 11.2 Å². The second kappa shape index (κ2) is 7.56. The van der Waals surface area contributed by atoms with E-state index < -0.39 is 23.2 Å². The first-order chi connectivity index (χ1) is 13.3. The highest BCUT2D eigenvalue weighted by molar-refractivity contribution is 5.93. The van der Waals surface area contributed by atoms with Crippen molar-refractivity contribution in [2.75, 3.05) is 6.54 Å². The van der Waals surface area contributed by atoms with E-state index in [9.17, 15) is 22.8 Å². The molecule has 0 spiro atoms. The maximum absolute atomic E-state index is 12.7. The first kappa shape index (κ1) is 19.2. The molecular weight excluding hydrogens is 371 g/mol. The van der Waals surface area contributed by atoms with Gasteiger partial charge in [-0.3, -0.25) is 14.0 Å². The Kier molecular flexibility index (Phi) is 5.18. The van der Waals surface area contributed by atoms with Crippen LogP contribution in [0.2, 0.25) is 0 Å². The van der Waals surface area contributed by atoms with Gasteiger partial charge in [-0.05, 0) is 36.8 Å². The van der Waals surface area contributed by atoms with E-state index in [2.05, 4.69) is 22.1 Å². The van der Waals surface area contributed by atoms with Crippen molar-refractivity contribution in [2.45, 2.75) is 13.1 Å². The summed E-state index contributed by atoms with van der Waals surface area (Å²) in [6.07, 6.45) is -1.69. The molecule has 1 aromatic carbocycles. The quantitative estimate of drug-likeness (QED) is 0.690. The third-order valence-electron chi connectivity index (χ3n) is 3.85. The van der Waals surface area contributed by atoms with Crippen LogP contribution in [0.4, 0.5) is 13.2 Å². The van der Waals surface area contributed by atoms with Crippen LogP contribution in [0.5, 0.6) is 0 Å². The third-order valence-corrected chi connectivity index (χ3v) is 3.85. The van der Waals surface area contributed by atoms with E-state index in [1.165, 1.54) is 22.7 Å². The number of amides is 1. The molecule has 0 aliphatic carbocycles. The van der Waals surface area contributed by atoms with E-state index in [1.807, 2.05) is 6.92 Å². The van der Waals surface area contributed by atoms with Crippen molar-refractivity contribution in [3.63, 3.8) is 0 Å². The lowest BCUT2D eigenvalue weighted by atomic mass is 10.1. The summed E-state index contributed by atoms with van der Waals surface area (Å²) in [5.41, 5.74) is -0.0423. The van der Waals surface area contributed by atoms with Gasteiger partial charge >= 0.3 is 6.18 Å². The lowest BCUT2D eigenvalue weighted by molar-refractivity contribution is -0.137. The van der Waals surface area contributed by atoms with Crippen molar-refractivity contribution < 1.29 is 18.0 Å². The Morgan fingerprint density at radius 3 is 2.79 bits per heavy atom.